The molecule has 0 spiro atoms. The van der Waals surface area contributed by atoms with E-state index in [1.165, 1.54) is 135 Å². The molecule has 0 saturated carbocycles. The van der Waals surface area contributed by atoms with E-state index in [1.54, 1.807) is 0 Å². The standard InChI is InChI=1S/C37H71NO2/c1-5-7-9-11-13-15-17-18-19-20-21-22-24-26-28-30-33-37(39-35-36(40-37)31-34-38(3)4)32-29-27-25-23-16-14-12-10-8-6-2/h13,15,18-19,36H,5-12,14,16-17,20-35H2,1-4H3. The van der Waals surface area contributed by atoms with E-state index in [-0.39, 0.29) is 11.9 Å². The van der Waals surface area contributed by atoms with Crippen molar-refractivity contribution in [1.82, 2.24) is 4.90 Å². The minimum Gasteiger partial charge on any atom is -0.347 e. The minimum absolute atomic E-state index is 0.273. The largest absolute Gasteiger partial charge is 0.347 e. The van der Waals surface area contributed by atoms with Crippen LogP contribution >= 0.6 is 0 Å². The molecule has 2 unspecified atom stereocenters. The van der Waals surface area contributed by atoms with E-state index in [1.807, 2.05) is 0 Å². The Morgan fingerprint density at radius 3 is 1.57 bits per heavy atom. The number of ether oxygens (including phenoxy) is 2. The monoisotopic (exact) mass is 562 g/mol. The molecule has 0 N–H and O–H groups in total. The van der Waals surface area contributed by atoms with Crippen molar-refractivity contribution in [2.45, 2.75) is 186 Å². The molecule has 1 aliphatic rings. The highest BCUT2D eigenvalue weighted by molar-refractivity contribution is 4.92. The molecule has 3 heteroatoms. The summed E-state index contributed by atoms with van der Waals surface area (Å²) in [7, 11) is 4.30. The van der Waals surface area contributed by atoms with Gasteiger partial charge in [-0.3, -0.25) is 0 Å². The lowest BCUT2D eigenvalue weighted by atomic mass is 9.98. The predicted molar refractivity (Wildman–Crippen MR) is 177 cm³/mol. The molecule has 1 aliphatic heterocycles. The van der Waals surface area contributed by atoms with Crippen molar-refractivity contribution in [2.24, 2.45) is 0 Å². The van der Waals surface area contributed by atoms with Gasteiger partial charge in [-0.2, -0.15) is 0 Å². The second kappa shape index (κ2) is 27.2. The van der Waals surface area contributed by atoms with Crippen LogP contribution in [0.15, 0.2) is 24.3 Å². The lowest BCUT2D eigenvalue weighted by Crippen LogP contribution is -2.31. The van der Waals surface area contributed by atoms with E-state index in [9.17, 15) is 0 Å². The molecule has 0 aromatic carbocycles. The van der Waals surface area contributed by atoms with Crippen LogP contribution in [0.2, 0.25) is 0 Å². The molecule has 2 atom stereocenters. The van der Waals surface area contributed by atoms with Crippen LogP contribution in [-0.4, -0.2) is 44.0 Å². The molecule has 1 fully saturated rings. The van der Waals surface area contributed by atoms with Gasteiger partial charge in [-0.15, -0.1) is 0 Å². The first-order valence-electron chi connectivity index (χ1n) is 17.9. The van der Waals surface area contributed by atoms with Crippen LogP contribution in [0.3, 0.4) is 0 Å². The number of hydrogen-bond donors (Lipinski definition) is 0. The quantitative estimate of drug-likeness (QED) is 0.0669. The molecule has 0 aromatic heterocycles. The zero-order valence-corrected chi connectivity index (χ0v) is 27.7. The first-order chi connectivity index (χ1) is 19.6. The van der Waals surface area contributed by atoms with Crippen molar-refractivity contribution in [3.05, 3.63) is 24.3 Å². The third kappa shape index (κ3) is 22.0. The van der Waals surface area contributed by atoms with Crippen molar-refractivity contribution in [3.63, 3.8) is 0 Å². The third-order valence-corrected chi connectivity index (χ3v) is 8.48. The topological polar surface area (TPSA) is 21.7 Å². The first kappa shape index (κ1) is 37.4. The zero-order chi connectivity index (χ0) is 29.0. The third-order valence-electron chi connectivity index (χ3n) is 8.48. The van der Waals surface area contributed by atoms with Crippen molar-refractivity contribution in [3.8, 4) is 0 Å². The van der Waals surface area contributed by atoms with Gasteiger partial charge < -0.3 is 14.4 Å². The van der Waals surface area contributed by atoms with Crippen LogP contribution in [-0.2, 0) is 9.47 Å². The summed E-state index contributed by atoms with van der Waals surface area (Å²) in [4.78, 5) is 2.26. The molecule has 1 rings (SSSR count). The lowest BCUT2D eigenvalue weighted by molar-refractivity contribution is -0.180. The maximum atomic E-state index is 6.65. The van der Waals surface area contributed by atoms with E-state index < -0.39 is 0 Å². The number of allylic oxidation sites excluding steroid dienone is 4. The maximum Gasteiger partial charge on any atom is 0.168 e. The number of nitrogens with zero attached hydrogens (tertiary/aromatic N) is 1. The van der Waals surface area contributed by atoms with E-state index in [4.69, 9.17) is 9.47 Å². The Hall–Kier alpha value is -0.640. The van der Waals surface area contributed by atoms with Crippen molar-refractivity contribution >= 4 is 0 Å². The summed E-state index contributed by atoms with van der Waals surface area (Å²) in [5, 5.41) is 0. The fourth-order valence-electron chi connectivity index (χ4n) is 5.81. The van der Waals surface area contributed by atoms with Gasteiger partial charge in [0.05, 0.1) is 12.7 Å². The van der Waals surface area contributed by atoms with Gasteiger partial charge >= 0.3 is 0 Å². The van der Waals surface area contributed by atoms with Crippen molar-refractivity contribution in [1.29, 1.82) is 0 Å². The summed E-state index contributed by atoms with van der Waals surface area (Å²) >= 11 is 0. The first-order valence-corrected chi connectivity index (χ1v) is 17.9. The normalized spacial score (nSPS) is 19.7. The average molecular weight is 562 g/mol. The molecule has 0 aromatic rings. The number of unbranched alkanes of at least 4 members (excludes halogenated alkanes) is 18. The smallest absolute Gasteiger partial charge is 0.168 e. The number of rotatable bonds is 29. The van der Waals surface area contributed by atoms with Crippen LogP contribution in [0.5, 0.6) is 0 Å². The lowest BCUT2D eigenvalue weighted by Gasteiger charge is -2.29. The average Bonchev–Trinajstić information content (AvgIpc) is 3.36. The maximum absolute atomic E-state index is 6.65. The van der Waals surface area contributed by atoms with Crippen LogP contribution in [0, 0.1) is 0 Å². The van der Waals surface area contributed by atoms with Gasteiger partial charge in [0.25, 0.3) is 0 Å². The highest BCUT2D eigenvalue weighted by Gasteiger charge is 2.40. The Labute approximate surface area is 251 Å². The predicted octanol–water partition coefficient (Wildman–Crippen LogP) is 11.6. The van der Waals surface area contributed by atoms with Crippen molar-refractivity contribution in [2.75, 3.05) is 27.2 Å². The minimum atomic E-state index is -0.299. The Kier molecular flexibility index (Phi) is 25.4. The molecule has 236 valence electrons. The van der Waals surface area contributed by atoms with Gasteiger partial charge in [0.2, 0.25) is 0 Å². The highest BCUT2D eigenvalue weighted by atomic mass is 16.7. The molecule has 1 saturated heterocycles. The zero-order valence-electron chi connectivity index (χ0n) is 27.7. The van der Waals surface area contributed by atoms with E-state index in [2.05, 4.69) is 57.1 Å². The van der Waals surface area contributed by atoms with Crippen molar-refractivity contribution < 1.29 is 9.47 Å². The molecule has 3 nitrogen and oxygen atoms in total. The van der Waals surface area contributed by atoms with Crippen LogP contribution in [0.4, 0.5) is 0 Å². The molecule has 0 bridgehead atoms. The second-order valence-electron chi connectivity index (χ2n) is 12.8. The van der Waals surface area contributed by atoms with Gasteiger partial charge in [-0.05, 0) is 65.5 Å². The summed E-state index contributed by atoms with van der Waals surface area (Å²) in [6.45, 7) is 6.43. The molecular formula is C37H71NO2. The highest BCUT2D eigenvalue weighted by Crippen LogP contribution is 2.35. The second-order valence-corrected chi connectivity index (χ2v) is 12.8. The van der Waals surface area contributed by atoms with E-state index >= 15 is 0 Å². The SMILES string of the molecule is CCCCCC=CCC=CCCCCCCCCC1(CCCCCCCCCCCC)OCC(CCN(C)C)O1. The molecular weight excluding hydrogens is 490 g/mol. The van der Waals surface area contributed by atoms with Gasteiger partial charge in [0.15, 0.2) is 5.79 Å². The van der Waals surface area contributed by atoms with Gasteiger partial charge in [0.1, 0.15) is 0 Å². The fourth-order valence-corrected chi connectivity index (χ4v) is 5.81. The fraction of sp³-hybridized carbons (Fsp3) is 0.892. The van der Waals surface area contributed by atoms with E-state index in [0.717, 1.165) is 38.8 Å². The summed E-state index contributed by atoms with van der Waals surface area (Å²) in [5.74, 6) is -0.299. The summed E-state index contributed by atoms with van der Waals surface area (Å²) in [5.41, 5.74) is 0. The van der Waals surface area contributed by atoms with Gasteiger partial charge in [0, 0.05) is 19.4 Å². The molecule has 1 heterocycles. The molecule has 0 radical (unpaired) electrons. The van der Waals surface area contributed by atoms with Crippen LogP contribution in [0.25, 0.3) is 0 Å². The summed E-state index contributed by atoms with van der Waals surface area (Å²) < 4.78 is 13.1. The molecule has 40 heavy (non-hydrogen) atoms. The Morgan fingerprint density at radius 1 is 0.600 bits per heavy atom. The van der Waals surface area contributed by atoms with Gasteiger partial charge in [-0.1, -0.05) is 134 Å². The number of hydrogen-bond acceptors (Lipinski definition) is 3. The molecule has 0 aliphatic carbocycles. The summed E-state index contributed by atoms with van der Waals surface area (Å²) in [6.07, 6.45) is 42.3. The Morgan fingerprint density at radius 2 is 1.05 bits per heavy atom. The molecule has 0 amide bonds. The van der Waals surface area contributed by atoms with Gasteiger partial charge in [-0.25, -0.2) is 0 Å². The Balaban J connectivity index is 2.17. The van der Waals surface area contributed by atoms with Crippen LogP contribution in [0.1, 0.15) is 174 Å². The van der Waals surface area contributed by atoms with E-state index in [0.29, 0.717) is 0 Å². The summed E-state index contributed by atoms with van der Waals surface area (Å²) in [6, 6.07) is 0. The van der Waals surface area contributed by atoms with Crippen LogP contribution < -0.4 is 0 Å². The Bertz CT molecular complexity index is 587.